The number of rotatable bonds is 5. The maximum absolute atomic E-state index is 10.2. The Hall–Kier alpha value is -0.610. The molecule has 0 radical (unpaired) electrons. The monoisotopic (exact) mass is 162 g/mol. The van der Waals surface area contributed by atoms with Crippen LogP contribution in [0.1, 0.15) is 13.8 Å². The highest BCUT2D eigenvalue weighted by Gasteiger charge is 2.00. The zero-order valence-electron chi connectivity index (χ0n) is 7.12. The molecular weight excluding hydrogens is 148 g/mol. The van der Waals surface area contributed by atoms with Crippen LogP contribution in [-0.2, 0) is 19.0 Å². The number of ether oxygens (including phenoxy) is 3. The van der Waals surface area contributed by atoms with Crippen molar-refractivity contribution in [1.82, 2.24) is 0 Å². The quantitative estimate of drug-likeness (QED) is 0.437. The van der Waals surface area contributed by atoms with Crippen LogP contribution in [0.2, 0.25) is 0 Å². The first-order valence-electron chi connectivity index (χ1n) is 3.40. The molecule has 0 aromatic rings. The third-order valence-corrected chi connectivity index (χ3v) is 1.02. The molecule has 66 valence electrons. The molecule has 0 saturated carbocycles. The van der Waals surface area contributed by atoms with Crippen LogP contribution in [0.25, 0.3) is 0 Å². The maximum atomic E-state index is 10.2. The van der Waals surface area contributed by atoms with Gasteiger partial charge in [0.1, 0.15) is 0 Å². The van der Waals surface area contributed by atoms with Gasteiger partial charge < -0.3 is 14.2 Å². The fourth-order valence-corrected chi connectivity index (χ4v) is 0.516. The van der Waals surface area contributed by atoms with Crippen LogP contribution in [0, 0.1) is 0 Å². The molecule has 0 aliphatic carbocycles. The average molecular weight is 162 g/mol. The minimum absolute atomic E-state index is 0.000139. The second kappa shape index (κ2) is 6.12. The number of methoxy groups -OCH3 is 1. The van der Waals surface area contributed by atoms with E-state index < -0.39 is 0 Å². The Kier molecular flexibility index (Phi) is 5.78. The molecule has 0 amide bonds. The van der Waals surface area contributed by atoms with E-state index in [2.05, 4.69) is 4.74 Å². The Balaban J connectivity index is 3.16. The molecule has 4 nitrogen and oxygen atoms in total. The molecule has 11 heavy (non-hydrogen) atoms. The van der Waals surface area contributed by atoms with Gasteiger partial charge in [-0.15, -0.1) is 0 Å². The fourth-order valence-electron chi connectivity index (χ4n) is 0.516. The van der Waals surface area contributed by atoms with Crippen LogP contribution in [-0.4, -0.2) is 32.6 Å². The van der Waals surface area contributed by atoms with Crippen LogP contribution in [0.5, 0.6) is 0 Å². The number of hydrogen-bond acceptors (Lipinski definition) is 4. The number of esters is 1. The molecule has 0 N–H and O–H groups in total. The van der Waals surface area contributed by atoms with E-state index in [1.165, 1.54) is 6.92 Å². The van der Waals surface area contributed by atoms with E-state index in [1.54, 1.807) is 7.11 Å². The van der Waals surface area contributed by atoms with Crippen molar-refractivity contribution >= 4 is 5.97 Å². The largest absolute Gasteiger partial charge is 0.439 e. The molecule has 0 aromatic carbocycles. The van der Waals surface area contributed by atoms with E-state index in [-0.39, 0.29) is 18.9 Å². The predicted octanol–water partition coefficient (Wildman–Crippen LogP) is 0.558. The lowest BCUT2D eigenvalue weighted by Crippen LogP contribution is -2.17. The Morgan fingerprint density at radius 2 is 2.18 bits per heavy atom. The van der Waals surface area contributed by atoms with Gasteiger partial charge in [0, 0.05) is 14.0 Å². The molecular formula is C7H14O4. The van der Waals surface area contributed by atoms with Gasteiger partial charge in [0.2, 0.25) is 0 Å². The van der Waals surface area contributed by atoms with E-state index in [0.717, 1.165) is 0 Å². The Morgan fingerprint density at radius 3 is 2.64 bits per heavy atom. The van der Waals surface area contributed by atoms with Crippen LogP contribution in [0.4, 0.5) is 0 Å². The third kappa shape index (κ3) is 7.29. The van der Waals surface area contributed by atoms with Crippen molar-refractivity contribution in [3.05, 3.63) is 0 Å². The van der Waals surface area contributed by atoms with Crippen LogP contribution < -0.4 is 0 Å². The highest BCUT2D eigenvalue weighted by atomic mass is 16.7. The second-order valence-corrected chi connectivity index (χ2v) is 2.19. The molecule has 0 aliphatic heterocycles. The summed E-state index contributed by atoms with van der Waals surface area (Å²) in [6.45, 7) is 3.68. The molecule has 0 rings (SSSR count). The normalized spacial score (nSPS) is 12.6. The van der Waals surface area contributed by atoms with Gasteiger partial charge >= 0.3 is 5.97 Å². The molecule has 0 heterocycles. The minimum Gasteiger partial charge on any atom is -0.439 e. The number of carbonyl (C=O) groups is 1. The van der Waals surface area contributed by atoms with E-state index in [0.29, 0.717) is 6.61 Å². The third-order valence-electron chi connectivity index (χ3n) is 1.02. The van der Waals surface area contributed by atoms with E-state index in [9.17, 15) is 4.79 Å². The molecule has 1 atom stereocenters. The van der Waals surface area contributed by atoms with Crippen molar-refractivity contribution in [2.24, 2.45) is 0 Å². The Labute approximate surface area is 66.4 Å². The highest BCUT2D eigenvalue weighted by Crippen LogP contribution is 1.91. The molecule has 4 heteroatoms. The summed E-state index contributed by atoms with van der Waals surface area (Å²) < 4.78 is 14.4. The number of hydrogen-bond donors (Lipinski definition) is 0. The molecule has 0 saturated heterocycles. The molecule has 1 unspecified atom stereocenters. The van der Waals surface area contributed by atoms with Crippen molar-refractivity contribution in [2.75, 3.05) is 20.5 Å². The van der Waals surface area contributed by atoms with Crippen molar-refractivity contribution in [3.8, 4) is 0 Å². The summed E-state index contributed by atoms with van der Waals surface area (Å²) in [6.07, 6.45) is -0.0423. The minimum atomic E-state index is -0.338. The first kappa shape index (κ1) is 10.4. The van der Waals surface area contributed by atoms with Gasteiger partial charge in [-0.1, -0.05) is 0 Å². The van der Waals surface area contributed by atoms with Gasteiger partial charge in [0.15, 0.2) is 6.79 Å². The van der Waals surface area contributed by atoms with Gasteiger partial charge in [-0.05, 0) is 6.92 Å². The van der Waals surface area contributed by atoms with E-state index >= 15 is 0 Å². The Morgan fingerprint density at radius 1 is 1.55 bits per heavy atom. The zero-order valence-corrected chi connectivity index (χ0v) is 7.12. The van der Waals surface area contributed by atoms with Crippen molar-refractivity contribution in [3.63, 3.8) is 0 Å². The van der Waals surface area contributed by atoms with Gasteiger partial charge in [-0.25, -0.2) is 0 Å². The lowest BCUT2D eigenvalue weighted by atomic mass is 10.4. The number of carbonyl (C=O) groups excluding carboxylic acids is 1. The topological polar surface area (TPSA) is 44.8 Å². The van der Waals surface area contributed by atoms with E-state index in [1.807, 2.05) is 6.92 Å². The SMILES string of the molecule is COCC(C)OCOC(C)=O. The molecule has 0 aromatic heterocycles. The first-order chi connectivity index (χ1) is 5.16. The zero-order chi connectivity index (χ0) is 8.69. The smallest absolute Gasteiger partial charge is 0.304 e. The summed E-state index contributed by atoms with van der Waals surface area (Å²) in [5.41, 5.74) is 0. The van der Waals surface area contributed by atoms with Crippen LogP contribution in [0.3, 0.4) is 0 Å². The van der Waals surface area contributed by atoms with Crippen molar-refractivity contribution < 1.29 is 19.0 Å². The molecule has 0 fully saturated rings. The van der Waals surface area contributed by atoms with Crippen LogP contribution >= 0.6 is 0 Å². The maximum Gasteiger partial charge on any atom is 0.304 e. The van der Waals surface area contributed by atoms with Gasteiger partial charge in [-0.3, -0.25) is 4.79 Å². The lowest BCUT2D eigenvalue weighted by molar-refractivity contribution is -0.159. The fraction of sp³-hybridized carbons (Fsp3) is 0.857. The summed E-state index contributed by atoms with van der Waals surface area (Å²) >= 11 is 0. The summed E-state index contributed by atoms with van der Waals surface area (Å²) in [7, 11) is 1.59. The summed E-state index contributed by atoms with van der Waals surface area (Å²) in [5.74, 6) is -0.338. The first-order valence-corrected chi connectivity index (χ1v) is 3.40. The van der Waals surface area contributed by atoms with Gasteiger partial charge in [0.05, 0.1) is 12.7 Å². The molecule has 0 spiro atoms. The van der Waals surface area contributed by atoms with E-state index in [4.69, 9.17) is 9.47 Å². The predicted molar refractivity (Wildman–Crippen MR) is 39.1 cm³/mol. The van der Waals surface area contributed by atoms with Crippen molar-refractivity contribution in [1.29, 1.82) is 0 Å². The summed E-state index contributed by atoms with van der Waals surface area (Å²) in [6, 6.07) is 0. The molecule has 0 bridgehead atoms. The highest BCUT2D eigenvalue weighted by molar-refractivity contribution is 5.65. The standard InChI is InChI=1S/C7H14O4/c1-6(4-9-3)10-5-11-7(2)8/h6H,4-5H2,1-3H3. The van der Waals surface area contributed by atoms with Crippen molar-refractivity contribution in [2.45, 2.75) is 20.0 Å². The summed E-state index contributed by atoms with van der Waals surface area (Å²) in [5, 5.41) is 0. The van der Waals surface area contributed by atoms with Gasteiger partial charge in [-0.2, -0.15) is 0 Å². The lowest BCUT2D eigenvalue weighted by Gasteiger charge is -2.10. The van der Waals surface area contributed by atoms with Gasteiger partial charge in [0.25, 0.3) is 0 Å². The van der Waals surface area contributed by atoms with Crippen LogP contribution in [0.15, 0.2) is 0 Å². The molecule has 0 aliphatic rings. The Bertz CT molecular complexity index is 113. The average Bonchev–Trinajstić information content (AvgIpc) is 1.87. The second-order valence-electron chi connectivity index (χ2n) is 2.19. The summed E-state index contributed by atoms with van der Waals surface area (Å²) in [4.78, 5) is 10.2.